The van der Waals surface area contributed by atoms with Crippen molar-refractivity contribution in [2.75, 3.05) is 44.2 Å². The summed E-state index contributed by atoms with van der Waals surface area (Å²) < 4.78 is 0. The molecule has 0 spiro atoms. The summed E-state index contributed by atoms with van der Waals surface area (Å²) in [5.41, 5.74) is -2.74. The first-order chi connectivity index (χ1) is 19.5. The van der Waals surface area contributed by atoms with E-state index in [2.05, 4.69) is 19.8 Å². The number of carbonyl (C=O) groups excluding carboxylic acids is 2. The number of carboxylic acid groups (broad SMARTS) is 3. The average Bonchev–Trinajstić information content (AvgIpc) is 3.61. The molecular weight excluding hydrogens is 538 g/mol. The number of carboxylic acids is 3. The minimum atomic E-state index is -2.74. The Balaban J connectivity index is 0.000000254. The van der Waals surface area contributed by atoms with E-state index in [1.54, 1.807) is 17.3 Å². The number of fused-ring (bicyclic) bond motifs is 5. The largest absolute Gasteiger partial charge is 0.481 e. The van der Waals surface area contributed by atoms with Crippen LogP contribution in [0.15, 0.2) is 18.5 Å². The Bertz CT molecular complexity index is 1100. The molecule has 3 heterocycles. The van der Waals surface area contributed by atoms with Gasteiger partial charge in [-0.3, -0.25) is 29.0 Å². The van der Waals surface area contributed by atoms with Crippen LogP contribution in [0.3, 0.4) is 0 Å². The summed E-state index contributed by atoms with van der Waals surface area (Å²) in [6.45, 7) is 5.54. The summed E-state index contributed by atoms with van der Waals surface area (Å²) >= 11 is 0. The van der Waals surface area contributed by atoms with Crippen molar-refractivity contribution in [3.05, 3.63) is 18.5 Å². The monoisotopic (exact) mass is 575 g/mol. The summed E-state index contributed by atoms with van der Waals surface area (Å²) in [5, 5.41) is 33.8. The molecule has 2 bridgehead atoms. The van der Waals surface area contributed by atoms with E-state index in [4.69, 9.17) is 20.4 Å². The Morgan fingerprint density at radius 2 is 1.34 bits per heavy atom. The molecule has 14 nitrogen and oxygen atoms in total. The molecule has 1 aromatic heterocycles. The van der Waals surface area contributed by atoms with Gasteiger partial charge in [-0.25, -0.2) is 14.8 Å². The molecule has 5 rings (SSSR count). The number of carbonyl (C=O) groups is 5. The molecule has 224 valence electrons. The van der Waals surface area contributed by atoms with Crippen LogP contribution in [0.1, 0.15) is 44.9 Å². The fourth-order valence-corrected chi connectivity index (χ4v) is 6.64. The molecule has 0 aromatic carbocycles. The summed E-state index contributed by atoms with van der Waals surface area (Å²) in [6, 6.07) is 1.84. The third-order valence-corrected chi connectivity index (χ3v) is 8.62. The number of rotatable bonds is 11. The standard InChI is InChI=1S/C21H29N5O2.C6H8O7/c27-19-17-15-4-5-16(14-15)18(17)20(28)26(19)9-2-1-8-24-10-12-25(13-11-24)21-22-6-3-7-23-21;7-3(8)1-6(13,5(11)12)2-4(9)10/h3,6-7,15-18H,1-2,4-5,8-14H2;13H,1-2H2,(H,7,8)(H,9,10)(H,11,12)/t15-,16+,17+,18-;. The van der Waals surface area contributed by atoms with Gasteiger partial charge in [-0.05, 0) is 56.6 Å². The molecule has 14 heteroatoms. The third kappa shape index (κ3) is 6.99. The van der Waals surface area contributed by atoms with Gasteiger partial charge in [-0.1, -0.05) is 0 Å². The predicted molar refractivity (Wildman–Crippen MR) is 142 cm³/mol. The Hall–Kier alpha value is -3.65. The number of nitrogens with zero attached hydrogens (tertiary/aromatic N) is 5. The van der Waals surface area contributed by atoms with Crippen molar-refractivity contribution in [1.82, 2.24) is 19.8 Å². The van der Waals surface area contributed by atoms with Crippen LogP contribution in [0.2, 0.25) is 0 Å². The van der Waals surface area contributed by atoms with Crippen molar-refractivity contribution >= 4 is 35.7 Å². The summed E-state index contributed by atoms with van der Waals surface area (Å²) in [7, 11) is 0. The number of aromatic nitrogens is 2. The van der Waals surface area contributed by atoms with Gasteiger partial charge in [0, 0.05) is 45.1 Å². The van der Waals surface area contributed by atoms with E-state index in [1.807, 2.05) is 6.07 Å². The minimum Gasteiger partial charge on any atom is -0.481 e. The number of imide groups is 1. The van der Waals surface area contributed by atoms with Crippen LogP contribution in [0.4, 0.5) is 5.95 Å². The van der Waals surface area contributed by atoms with Crippen LogP contribution in [-0.4, -0.2) is 115 Å². The lowest BCUT2D eigenvalue weighted by atomic mass is 9.81. The average molecular weight is 576 g/mol. The quantitative estimate of drug-likeness (QED) is 0.205. The number of anilines is 1. The number of aliphatic hydroxyl groups is 1. The number of hydrogen-bond donors (Lipinski definition) is 4. The molecule has 1 aromatic rings. The SMILES string of the molecule is O=C(O)CC(O)(CC(=O)O)C(=O)O.O=C1[C@@H]2[C@H]3CC[C@H](C3)[C@@H]2C(=O)N1CCCCN1CCN(c2ncccn2)CC1. The van der Waals surface area contributed by atoms with Crippen molar-refractivity contribution in [2.24, 2.45) is 23.7 Å². The van der Waals surface area contributed by atoms with Gasteiger partial charge in [0.15, 0.2) is 5.60 Å². The van der Waals surface area contributed by atoms with E-state index in [0.717, 1.165) is 70.8 Å². The lowest BCUT2D eigenvalue weighted by Gasteiger charge is -2.34. The highest BCUT2D eigenvalue weighted by atomic mass is 16.4. The van der Waals surface area contributed by atoms with Gasteiger partial charge in [0.05, 0.1) is 24.7 Å². The Kier molecular flexibility index (Phi) is 9.53. The Morgan fingerprint density at radius 3 is 1.83 bits per heavy atom. The topological polar surface area (TPSA) is 202 Å². The van der Waals surface area contributed by atoms with Gasteiger partial charge >= 0.3 is 17.9 Å². The Labute approximate surface area is 237 Å². The van der Waals surface area contributed by atoms with Crippen LogP contribution < -0.4 is 4.90 Å². The van der Waals surface area contributed by atoms with Gasteiger partial charge in [-0.2, -0.15) is 0 Å². The number of aliphatic carboxylic acids is 3. The van der Waals surface area contributed by atoms with E-state index in [-0.39, 0.29) is 23.7 Å². The fraction of sp³-hybridized carbons (Fsp3) is 0.667. The molecule has 4 atom stereocenters. The van der Waals surface area contributed by atoms with Gasteiger partial charge in [0.2, 0.25) is 17.8 Å². The normalized spacial score (nSPS) is 25.6. The maximum atomic E-state index is 12.7. The maximum absolute atomic E-state index is 12.7. The van der Waals surface area contributed by atoms with Crippen molar-refractivity contribution in [3.8, 4) is 0 Å². The van der Waals surface area contributed by atoms with Crippen LogP contribution in [0.5, 0.6) is 0 Å². The van der Waals surface area contributed by atoms with Gasteiger partial charge in [0.1, 0.15) is 0 Å². The van der Waals surface area contributed by atoms with Crippen LogP contribution >= 0.6 is 0 Å². The van der Waals surface area contributed by atoms with Gasteiger partial charge in [-0.15, -0.1) is 0 Å². The summed E-state index contributed by atoms with van der Waals surface area (Å²) in [5.74, 6) is -2.90. The maximum Gasteiger partial charge on any atom is 0.336 e. The van der Waals surface area contributed by atoms with E-state index in [0.29, 0.717) is 18.4 Å². The molecule has 2 saturated carbocycles. The molecule has 0 radical (unpaired) electrons. The van der Waals surface area contributed by atoms with Gasteiger partial charge in [0.25, 0.3) is 0 Å². The number of likely N-dealkylation sites (tertiary alicyclic amines) is 1. The molecule has 2 amide bonds. The molecule has 4 N–H and O–H groups in total. The molecule has 4 fully saturated rings. The fourth-order valence-electron chi connectivity index (χ4n) is 6.64. The smallest absolute Gasteiger partial charge is 0.336 e. The molecule has 0 unspecified atom stereocenters. The summed E-state index contributed by atoms with van der Waals surface area (Å²) in [6.07, 6.45) is 6.64. The predicted octanol–water partition coefficient (Wildman–Crippen LogP) is 0.161. The zero-order valence-corrected chi connectivity index (χ0v) is 22.8. The number of piperazine rings is 1. The van der Waals surface area contributed by atoms with Crippen molar-refractivity contribution < 1.29 is 44.4 Å². The van der Waals surface area contributed by atoms with Crippen LogP contribution in [0.25, 0.3) is 0 Å². The zero-order valence-electron chi connectivity index (χ0n) is 22.8. The molecule has 4 aliphatic rings. The highest BCUT2D eigenvalue weighted by Crippen LogP contribution is 2.56. The number of unbranched alkanes of at least 4 members (excludes halogenated alkanes) is 1. The minimum absolute atomic E-state index is 0.0273. The summed E-state index contributed by atoms with van der Waals surface area (Å²) in [4.78, 5) is 70.9. The van der Waals surface area contributed by atoms with E-state index < -0.39 is 36.4 Å². The first kappa shape index (κ1) is 30.3. The lowest BCUT2D eigenvalue weighted by Crippen LogP contribution is -2.47. The number of hydrogen-bond acceptors (Lipinski definition) is 10. The molecule has 41 heavy (non-hydrogen) atoms. The van der Waals surface area contributed by atoms with Crippen molar-refractivity contribution in [3.63, 3.8) is 0 Å². The van der Waals surface area contributed by atoms with E-state index in [9.17, 15) is 24.0 Å². The first-order valence-corrected chi connectivity index (χ1v) is 14.0. The second-order valence-corrected chi connectivity index (χ2v) is 11.3. The molecule has 2 aliphatic heterocycles. The second kappa shape index (κ2) is 12.9. The second-order valence-electron chi connectivity index (χ2n) is 11.3. The Morgan fingerprint density at radius 1 is 0.829 bits per heavy atom. The highest BCUT2D eigenvalue weighted by molar-refractivity contribution is 6.06. The van der Waals surface area contributed by atoms with Crippen molar-refractivity contribution in [2.45, 2.75) is 50.5 Å². The van der Waals surface area contributed by atoms with Crippen LogP contribution in [0, 0.1) is 23.7 Å². The van der Waals surface area contributed by atoms with Gasteiger partial charge < -0.3 is 25.3 Å². The van der Waals surface area contributed by atoms with Crippen molar-refractivity contribution in [1.29, 1.82) is 0 Å². The highest BCUT2D eigenvalue weighted by Gasteiger charge is 2.60. The first-order valence-electron chi connectivity index (χ1n) is 14.0. The molecular formula is C27H37N5O9. The molecule has 2 aliphatic carbocycles. The van der Waals surface area contributed by atoms with E-state index >= 15 is 0 Å². The molecule has 2 saturated heterocycles. The zero-order chi connectivity index (χ0) is 29.7. The van der Waals surface area contributed by atoms with Crippen LogP contribution in [-0.2, 0) is 24.0 Å². The lowest BCUT2D eigenvalue weighted by molar-refractivity contribution is -0.170. The third-order valence-electron chi connectivity index (χ3n) is 8.62. The van der Waals surface area contributed by atoms with E-state index in [1.165, 1.54) is 0 Å². The number of amides is 2.